The van der Waals surface area contributed by atoms with E-state index in [1.54, 1.807) is 48.5 Å². The summed E-state index contributed by atoms with van der Waals surface area (Å²) >= 11 is 0. The summed E-state index contributed by atoms with van der Waals surface area (Å²) in [6.45, 7) is 7.91. The third-order valence-electron chi connectivity index (χ3n) is 27.1. The van der Waals surface area contributed by atoms with Crippen molar-refractivity contribution in [1.82, 2.24) is 0 Å². The highest BCUT2D eigenvalue weighted by Gasteiger charge is 2.49. The van der Waals surface area contributed by atoms with Gasteiger partial charge in [-0.2, -0.15) is 0 Å². The van der Waals surface area contributed by atoms with Gasteiger partial charge in [-0.3, -0.25) is 0 Å². The van der Waals surface area contributed by atoms with Gasteiger partial charge in [-0.05, 0) is 329 Å². The normalized spacial score (nSPS) is 13.9. The molecule has 0 radical (unpaired) electrons. The Labute approximate surface area is 785 Å². The average molecular weight is 1760 g/mol. The maximum atomic E-state index is 15.2. The molecule has 0 amide bonds. The van der Waals surface area contributed by atoms with Crippen LogP contribution in [0.2, 0.25) is 0 Å². The van der Waals surface area contributed by atoms with Crippen LogP contribution in [0.3, 0.4) is 0 Å². The fourth-order valence-corrected chi connectivity index (χ4v) is 20.6. The summed E-state index contributed by atoms with van der Waals surface area (Å²) in [4.78, 5) is 8.62. The van der Waals surface area contributed by atoms with Crippen LogP contribution in [-0.4, -0.2) is 0 Å². The van der Waals surface area contributed by atoms with E-state index in [4.69, 9.17) is 4.42 Å². The Bertz CT molecular complexity index is 8100. The molecule has 2 aliphatic rings. The van der Waals surface area contributed by atoms with E-state index in [0.29, 0.717) is 11.2 Å². The molecule has 2 atom stereocenters. The van der Waals surface area contributed by atoms with E-state index in [9.17, 15) is 8.78 Å². The molecule has 0 aliphatic heterocycles. The Kier molecular flexibility index (Phi) is 20.9. The van der Waals surface area contributed by atoms with E-state index in [0.717, 1.165) is 201 Å². The minimum atomic E-state index is -0.873. The van der Waals surface area contributed by atoms with Crippen molar-refractivity contribution >= 4 is 102 Å². The molecule has 0 fully saturated rings. The Morgan fingerprint density at radius 2 is 0.404 bits per heavy atom. The van der Waals surface area contributed by atoms with Gasteiger partial charge in [0, 0.05) is 91.2 Å². The van der Waals surface area contributed by atoms with Crippen molar-refractivity contribution in [1.29, 1.82) is 0 Å². The molecule has 0 saturated carbocycles. The zero-order chi connectivity index (χ0) is 91.7. The molecule has 1 heterocycles. The molecule has 648 valence electrons. The van der Waals surface area contributed by atoms with Crippen molar-refractivity contribution in [3.05, 3.63) is 565 Å². The van der Waals surface area contributed by atoms with Gasteiger partial charge >= 0.3 is 0 Å². The first-order valence-corrected chi connectivity index (χ1v) is 45.4. The molecule has 21 aromatic rings. The second kappa shape index (κ2) is 34.4. The van der Waals surface area contributed by atoms with Gasteiger partial charge in [0.05, 0.1) is 10.8 Å². The molecule has 136 heavy (non-hydrogen) atoms. The van der Waals surface area contributed by atoms with Crippen molar-refractivity contribution in [2.45, 2.75) is 10.8 Å². The second-order valence-electron chi connectivity index (χ2n) is 34.6. The fourth-order valence-electron chi connectivity index (χ4n) is 20.6. The van der Waals surface area contributed by atoms with E-state index < -0.39 is 10.8 Å². The lowest BCUT2D eigenvalue weighted by Gasteiger charge is -2.35. The topological polar surface area (TPSA) is 26.1 Å². The lowest BCUT2D eigenvalue weighted by molar-refractivity contribution is 0.624. The van der Waals surface area contributed by atoms with E-state index in [1.807, 2.05) is 54.6 Å². The molecule has 5 nitrogen and oxygen atoms in total. The highest BCUT2D eigenvalue weighted by atomic mass is 19.1. The molecule has 0 saturated heterocycles. The van der Waals surface area contributed by atoms with E-state index in [-0.39, 0.29) is 29.1 Å². The Hall–Kier alpha value is -17.5. The summed E-state index contributed by atoms with van der Waals surface area (Å²) < 4.78 is 82.3. The summed E-state index contributed by atoms with van der Waals surface area (Å²) in [5.41, 5.74) is 32.6. The number of nitrogens with zero attached hydrogens (tertiary/aromatic N) is 4. The minimum absolute atomic E-state index is 0.300. The summed E-state index contributed by atoms with van der Waals surface area (Å²) in [6, 6.07) is 154. The van der Waals surface area contributed by atoms with Crippen LogP contribution in [-0.2, 0) is 10.8 Å². The smallest absolute Gasteiger partial charge is 0.137 e. The van der Waals surface area contributed by atoms with Crippen LogP contribution in [0.5, 0.6) is 0 Å². The van der Waals surface area contributed by atoms with E-state index in [2.05, 4.69) is 360 Å². The molecular formula is C126H83F5N4O. The predicted octanol–water partition coefficient (Wildman–Crippen LogP) is 34.8. The van der Waals surface area contributed by atoms with Crippen molar-refractivity contribution in [2.24, 2.45) is 0 Å². The van der Waals surface area contributed by atoms with Crippen molar-refractivity contribution in [3.63, 3.8) is 0 Å². The number of hydrogen-bond donors (Lipinski definition) is 0. The highest BCUT2D eigenvalue weighted by molar-refractivity contribution is 6.08. The first-order valence-electron chi connectivity index (χ1n) is 45.4. The van der Waals surface area contributed by atoms with Gasteiger partial charge in [-0.1, -0.05) is 274 Å². The number of hydrogen-bond acceptors (Lipinski definition) is 5. The third-order valence-corrected chi connectivity index (χ3v) is 27.1. The predicted molar refractivity (Wildman–Crippen MR) is 549 cm³/mol. The van der Waals surface area contributed by atoms with Crippen LogP contribution in [0.25, 0.3) is 101 Å². The van der Waals surface area contributed by atoms with Gasteiger partial charge in [0.15, 0.2) is 0 Å². The first-order chi connectivity index (χ1) is 66.8. The van der Waals surface area contributed by atoms with Gasteiger partial charge in [0.25, 0.3) is 0 Å². The second-order valence-corrected chi connectivity index (χ2v) is 34.6. The fraction of sp³-hybridized carbons (Fsp3) is 0.0159. The van der Waals surface area contributed by atoms with Crippen LogP contribution in [0.1, 0.15) is 55.6 Å². The maximum absolute atomic E-state index is 15.2. The van der Waals surface area contributed by atoms with Gasteiger partial charge in [-0.25, -0.2) is 22.0 Å². The average Bonchev–Trinajstić information content (AvgIpc) is 1.53. The summed E-state index contributed by atoms with van der Waals surface area (Å²) in [7, 11) is 0. The van der Waals surface area contributed by atoms with Crippen molar-refractivity contribution in [2.75, 3.05) is 19.6 Å². The first kappa shape index (κ1) is 82.9. The quantitative estimate of drug-likeness (QED) is 0.0630. The van der Waals surface area contributed by atoms with Gasteiger partial charge in [0.2, 0.25) is 0 Å². The standard InChI is InChI=1S/C126H83F5N4O/c1-3-82-18-22-84(23-19-82)86-26-38-92(39-27-86)125(94-42-46-96(127)47-43-94)119-16-10-8-14-113(119)115-74-70-109(78-121(115)125)132(101-12-6-5-7-13-101)102-56-30-88(31-57-102)90-34-60-104(61-35-90)134(107-66-52-99(130)53-67-107)111-72-76-117-118-77-73-112(81-124(118)136-123(117)80-111)135(108-68-54-100(131)55-69-108)105-62-36-91(37-63-105)89-32-58-103(59-33-89)133(106-64-50-98(129)51-65-106)110-71-75-116-114-15-9-11-17-120(114)126(122(116)79-110,95-44-48-97(128)49-45-95)93-40-28-87(29-41-93)85-24-20-83(4-2)21-25-85/h3-81H,1-2H2. The Balaban J connectivity index is 0.538. The van der Waals surface area contributed by atoms with Crippen LogP contribution in [0.15, 0.2) is 485 Å². The maximum Gasteiger partial charge on any atom is 0.137 e. The zero-order valence-corrected chi connectivity index (χ0v) is 73.6. The number of furan rings is 1. The molecule has 10 heteroatoms. The Morgan fingerprint density at radius 1 is 0.191 bits per heavy atom. The zero-order valence-electron chi connectivity index (χ0n) is 73.6. The molecule has 0 bridgehead atoms. The lowest BCUT2D eigenvalue weighted by Crippen LogP contribution is -2.29. The highest BCUT2D eigenvalue weighted by Crippen LogP contribution is 2.61. The monoisotopic (exact) mass is 1760 g/mol. The Morgan fingerprint density at radius 3 is 0.699 bits per heavy atom. The number of fused-ring (bicyclic) bond motifs is 9. The van der Waals surface area contributed by atoms with Crippen LogP contribution in [0, 0.1) is 29.1 Å². The number of halogens is 5. The largest absolute Gasteiger partial charge is 0.456 e. The van der Waals surface area contributed by atoms with E-state index >= 15 is 13.2 Å². The molecule has 2 unspecified atom stereocenters. The number of para-hydroxylation sites is 1. The van der Waals surface area contributed by atoms with E-state index in [1.165, 1.54) is 48.5 Å². The van der Waals surface area contributed by atoms with Gasteiger partial charge in [-0.15, -0.1) is 0 Å². The van der Waals surface area contributed by atoms with Crippen LogP contribution in [0.4, 0.5) is 90.2 Å². The van der Waals surface area contributed by atoms with Crippen molar-refractivity contribution in [3.8, 4) is 66.8 Å². The van der Waals surface area contributed by atoms with Crippen molar-refractivity contribution < 1.29 is 26.4 Å². The minimum Gasteiger partial charge on any atom is -0.456 e. The summed E-state index contributed by atoms with van der Waals surface area (Å²) in [6.07, 6.45) is 3.69. The molecule has 2 aliphatic carbocycles. The number of benzene rings is 20. The molecule has 0 spiro atoms. The van der Waals surface area contributed by atoms with Gasteiger partial charge < -0.3 is 24.0 Å². The summed E-state index contributed by atoms with van der Waals surface area (Å²) in [5.74, 6) is -1.70. The van der Waals surface area contributed by atoms with Crippen LogP contribution >= 0.6 is 0 Å². The molecule has 1 aromatic heterocycles. The molecule has 0 N–H and O–H groups in total. The number of anilines is 12. The lowest BCUT2D eigenvalue weighted by atomic mass is 9.67. The SMILES string of the molecule is C=Cc1ccc(-c2ccc(C3(c4ccc(F)cc4)c4ccccc4-c4ccc(N(c5ccccc5)c5ccc(-c6ccc(N(c7ccc(F)cc7)c7ccc8c(c7)oc7cc(N(c9ccc(F)cc9)c9ccc(-c%10ccc(N(c%11ccc(F)cc%11)c%11ccc%12c(c%11)C(c%11ccc(F)cc%11)(c%11ccc(-c%13ccc(C=C)cc%13)cc%11)c%11ccccc%11-%12)cc%10)cc9)ccc78)cc6)cc5)cc43)cc2)cc1. The molecule has 20 aromatic carbocycles. The van der Waals surface area contributed by atoms with Gasteiger partial charge in [0.1, 0.15) is 40.3 Å². The molecular weight excluding hydrogens is 1680 g/mol. The molecule has 23 rings (SSSR count). The third kappa shape index (κ3) is 14.6. The number of rotatable bonds is 22. The van der Waals surface area contributed by atoms with Crippen LogP contribution < -0.4 is 19.6 Å². The summed E-state index contributed by atoms with van der Waals surface area (Å²) in [5, 5.41) is 1.80.